The summed E-state index contributed by atoms with van der Waals surface area (Å²) in [7, 11) is 1.50. The van der Waals surface area contributed by atoms with Crippen LogP contribution in [0.1, 0.15) is 64.2 Å². The van der Waals surface area contributed by atoms with Crippen molar-refractivity contribution >= 4 is 17.4 Å². The number of hydrogen-bond donors (Lipinski definition) is 1. The molecule has 2 fully saturated rings. The van der Waals surface area contributed by atoms with Crippen molar-refractivity contribution in [3.63, 3.8) is 0 Å². The molecule has 0 saturated heterocycles. The molecule has 7 heteroatoms. The summed E-state index contributed by atoms with van der Waals surface area (Å²) in [5.41, 5.74) is 0.293. The van der Waals surface area contributed by atoms with Crippen LogP contribution >= 0.6 is 0 Å². The van der Waals surface area contributed by atoms with Crippen LogP contribution in [0, 0.1) is 10.1 Å². The summed E-state index contributed by atoms with van der Waals surface area (Å²) in [6.07, 6.45) is 11.2. The van der Waals surface area contributed by atoms with Crippen LogP contribution in [0.2, 0.25) is 0 Å². The molecular weight excluding hydrogens is 346 g/mol. The molecule has 0 radical (unpaired) electrons. The van der Waals surface area contributed by atoms with Crippen LogP contribution in [0.4, 0.5) is 16.2 Å². The van der Waals surface area contributed by atoms with Gasteiger partial charge in [0, 0.05) is 24.2 Å². The molecule has 0 atom stereocenters. The first-order valence-corrected chi connectivity index (χ1v) is 10.0. The minimum absolute atomic E-state index is 0.0621. The van der Waals surface area contributed by atoms with Crippen LogP contribution in [-0.4, -0.2) is 35.0 Å². The maximum Gasteiger partial charge on any atom is 0.322 e. The number of benzene rings is 1. The molecule has 0 aromatic heterocycles. The van der Waals surface area contributed by atoms with Crippen LogP contribution in [0.3, 0.4) is 0 Å². The number of nitrogens with zero attached hydrogens (tertiary/aromatic N) is 2. The maximum atomic E-state index is 13.2. The first-order valence-electron chi connectivity index (χ1n) is 10.0. The van der Waals surface area contributed by atoms with Gasteiger partial charge in [-0.15, -0.1) is 0 Å². The smallest absolute Gasteiger partial charge is 0.322 e. The van der Waals surface area contributed by atoms with Gasteiger partial charge in [-0.3, -0.25) is 10.1 Å². The van der Waals surface area contributed by atoms with E-state index >= 15 is 0 Å². The van der Waals surface area contributed by atoms with Gasteiger partial charge in [-0.1, -0.05) is 38.5 Å². The van der Waals surface area contributed by atoms with Crippen LogP contribution in [-0.2, 0) is 0 Å². The summed E-state index contributed by atoms with van der Waals surface area (Å²) in [6, 6.07) is 4.63. The third-order valence-electron chi connectivity index (χ3n) is 5.81. The second kappa shape index (κ2) is 9.06. The van der Waals surface area contributed by atoms with Crippen LogP contribution < -0.4 is 10.1 Å². The monoisotopic (exact) mass is 375 g/mol. The van der Waals surface area contributed by atoms with Crippen molar-refractivity contribution in [2.45, 2.75) is 76.3 Å². The Morgan fingerprint density at radius 2 is 1.63 bits per heavy atom. The van der Waals surface area contributed by atoms with E-state index in [9.17, 15) is 14.9 Å². The highest BCUT2D eigenvalue weighted by atomic mass is 16.6. The van der Waals surface area contributed by atoms with Gasteiger partial charge in [0.15, 0.2) is 0 Å². The van der Waals surface area contributed by atoms with Crippen molar-refractivity contribution < 1.29 is 14.5 Å². The van der Waals surface area contributed by atoms with Crippen LogP contribution in [0.25, 0.3) is 0 Å². The molecule has 2 aliphatic carbocycles. The highest BCUT2D eigenvalue weighted by Crippen LogP contribution is 2.33. The standard InChI is InChI=1S/C20H29N3O4/c1-27-19-13-12-17(23(25)26)14-18(19)21-20(24)22(15-8-4-2-5-9-15)16-10-6-3-7-11-16/h12-16H,2-11H2,1H3,(H,21,24). The predicted octanol–water partition coefficient (Wildman–Crippen LogP) is 5.10. The Morgan fingerprint density at radius 3 is 2.11 bits per heavy atom. The lowest BCUT2D eigenvalue weighted by molar-refractivity contribution is -0.384. The third kappa shape index (κ3) is 4.70. The zero-order valence-electron chi connectivity index (χ0n) is 16.0. The fraction of sp³-hybridized carbons (Fsp3) is 0.650. The molecule has 1 N–H and O–H groups in total. The van der Waals surface area contributed by atoms with E-state index in [1.807, 2.05) is 4.90 Å². The fourth-order valence-electron chi connectivity index (χ4n) is 4.44. The van der Waals surface area contributed by atoms with Crippen molar-refractivity contribution in [3.8, 4) is 5.75 Å². The summed E-state index contributed by atoms with van der Waals surface area (Å²) in [5, 5.41) is 14.0. The third-order valence-corrected chi connectivity index (χ3v) is 5.81. The number of non-ortho nitro benzene ring substituents is 1. The second-order valence-electron chi connectivity index (χ2n) is 7.56. The minimum atomic E-state index is -0.463. The topological polar surface area (TPSA) is 84.7 Å². The molecule has 0 aliphatic heterocycles. The molecule has 0 spiro atoms. The second-order valence-corrected chi connectivity index (χ2v) is 7.56. The molecule has 3 rings (SSSR count). The van der Waals surface area contributed by atoms with Gasteiger partial charge in [-0.2, -0.15) is 0 Å². The summed E-state index contributed by atoms with van der Waals surface area (Å²) in [4.78, 5) is 25.9. The number of nitro benzene ring substituents is 1. The summed E-state index contributed by atoms with van der Waals surface area (Å²) < 4.78 is 5.30. The number of carbonyl (C=O) groups excluding carboxylic acids is 1. The van der Waals surface area contributed by atoms with Gasteiger partial charge in [-0.25, -0.2) is 4.79 Å². The van der Waals surface area contributed by atoms with E-state index in [1.165, 1.54) is 38.2 Å². The lowest BCUT2D eigenvalue weighted by Gasteiger charge is -2.41. The lowest BCUT2D eigenvalue weighted by Crippen LogP contribution is -2.50. The van der Waals surface area contributed by atoms with Gasteiger partial charge < -0.3 is 15.0 Å². The Morgan fingerprint density at radius 1 is 1.07 bits per heavy atom. The molecule has 1 aromatic rings. The average molecular weight is 375 g/mol. The Balaban J connectivity index is 1.83. The fourth-order valence-corrected chi connectivity index (χ4v) is 4.44. The molecule has 2 saturated carbocycles. The number of hydrogen-bond acceptors (Lipinski definition) is 4. The van der Waals surface area contributed by atoms with E-state index in [1.54, 1.807) is 0 Å². The number of anilines is 1. The molecule has 0 heterocycles. The van der Waals surface area contributed by atoms with Crippen molar-refractivity contribution in [1.29, 1.82) is 0 Å². The Labute approximate surface area is 160 Å². The van der Waals surface area contributed by atoms with Gasteiger partial charge in [0.05, 0.1) is 17.7 Å². The molecule has 27 heavy (non-hydrogen) atoms. The number of nitrogens with one attached hydrogen (secondary N) is 1. The largest absolute Gasteiger partial charge is 0.495 e. The highest BCUT2D eigenvalue weighted by molar-refractivity contribution is 5.92. The first-order chi connectivity index (χ1) is 13.1. The van der Waals surface area contributed by atoms with E-state index < -0.39 is 4.92 Å². The number of rotatable bonds is 5. The summed E-state index contributed by atoms with van der Waals surface area (Å²) in [5.74, 6) is 0.432. The number of ether oxygens (including phenoxy) is 1. The summed E-state index contributed by atoms with van der Waals surface area (Å²) in [6.45, 7) is 0. The van der Waals surface area contributed by atoms with E-state index in [2.05, 4.69) is 5.32 Å². The number of urea groups is 1. The molecule has 7 nitrogen and oxygen atoms in total. The zero-order chi connectivity index (χ0) is 19.2. The van der Waals surface area contributed by atoms with E-state index in [0.29, 0.717) is 11.4 Å². The SMILES string of the molecule is COc1ccc([N+](=O)[O-])cc1NC(=O)N(C1CCCCC1)C1CCCCC1. The Kier molecular flexibility index (Phi) is 6.53. The van der Waals surface area contributed by atoms with Gasteiger partial charge in [0.1, 0.15) is 5.75 Å². The number of nitro groups is 1. The number of carbonyl (C=O) groups is 1. The molecule has 148 valence electrons. The van der Waals surface area contributed by atoms with Crippen molar-refractivity contribution in [2.24, 2.45) is 0 Å². The van der Waals surface area contributed by atoms with E-state index in [0.717, 1.165) is 51.4 Å². The molecule has 0 bridgehead atoms. The minimum Gasteiger partial charge on any atom is -0.495 e. The van der Waals surface area contributed by atoms with Gasteiger partial charge >= 0.3 is 6.03 Å². The first kappa shape index (κ1) is 19.5. The van der Waals surface area contributed by atoms with Gasteiger partial charge in [0.2, 0.25) is 0 Å². The summed E-state index contributed by atoms with van der Waals surface area (Å²) >= 11 is 0. The normalized spacial score (nSPS) is 18.7. The van der Waals surface area contributed by atoms with E-state index in [-0.39, 0.29) is 23.8 Å². The zero-order valence-corrected chi connectivity index (χ0v) is 16.0. The molecule has 2 aliphatic rings. The van der Waals surface area contributed by atoms with Gasteiger partial charge in [-0.05, 0) is 31.7 Å². The van der Waals surface area contributed by atoms with Crippen molar-refractivity contribution in [2.75, 3.05) is 12.4 Å². The van der Waals surface area contributed by atoms with Gasteiger partial charge in [0.25, 0.3) is 5.69 Å². The van der Waals surface area contributed by atoms with Crippen molar-refractivity contribution in [1.82, 2.24) is 4.90 Å². The Hall–Kier alpha value is -2.31. The average Bonchev–Trinajstić information content (AvgIpc) is 2.69. The van der Waals surface area contributed by atoms with Crippen LogP contribution in [0.5, 0.6) is 5.75 Å². The quantitative estimate of drug-likeness (QED) is 0.573. The molecule has 1 aromatic carbocycles. The Bertz CT molecular complexity index is 649. The highest BCUT2D eigenvalue weighted by Gasteiger charge is 2.33. The molecule has 2 amide bonds. The maximum absolute atomic E-state index is 13.2. The lowest BCUT2D eigenvalue weighted by atomic mass is 9.89. The molecular formula is C20H29N3O4. The number of amides is 2. The van der Waals surface area contributed by atoms with Crippen LogP contribution in [0.15, 0.2) is 18.2 Å². The predicted molar refractivity (Wildman–Crippen MR) is 104 cm³/mol. The molecule has 0 unspecified atom stereocenters. The number of methoxy groups -OCH3 is 1. The van der Waals surface area contributed by atoms with Crippen molar-refractivity contribution in [3.05, 3.63) is 28.3 Å². The van der Waals surface area contributed by atoms with E-state index in [4.69, 9.17) is 4.74 Å².